The summed E-state index contributed by atoms with van der Waals surface area (Å²) in [6.07, 6.45) is 0.850. The van der Waals surface area contributed by atoms with Gasteiger partial charge in [0.25, 0.3) is 11.5 Å². The molecule has 1 aromatic carbocycles. The number of carbonyl (C=O) groups excluding carboxylic acids is 1. The minimum absolute atomic E-state index is 0.0499. The fourth-order valence-electron chi connectivity index (χ4n) is 1.79. The van der Waals surface area contributed by atoms with Crippen LogP contribution in [0.4, 0.5) is 0 Å². The second-order valence-corrected chi connectivity index (χ2v) is 4.31. The molecule has 6 nitrogen and oxygen atoms in total. The fraction of sp³-hybridized carbons (Fsp3) is 0.286. The van der Waals surface area contributed by atoms with Crippen molar-refractivity contribution in [2.24, 2.45) is 0 Å². The molecule has 0 aliphatic heterocycles. The van der Waals surface area contributed by atoms with Crippen LogP contribution in [-0.4, -0.2) is 22.7 Å². The lowest BCUT2D eigenvalue weighted by Gasteiger charge is -2.10. The van der Waals surface area contributed by atoms with E-state index in [0.29, 0.717) is 5.69 Å². The van der Waals surface area contributed by atoms with E-state index in [-0.39, 0.29) is 24.6 Å². The molecular formula is C14H17N3O3. The molecule has 20 heavy (non-hydrogen) atoms. The predicted octanol–water partition coefficient (Wildman–Crippen LogP) is 0.961. The van der Waals surface area contributed by atoms with Crippen molar-refractivity contribution in [2.75, 3.05) is 6.61 Å². The van der Waals surface area contributed by atoms with Gasteiger partial charge in [0.2, 0.25) is 0 Å². The van der Waals surface area contributed by atoms with Crippen LogP contribution in [0.3, 0.4) is 0 Å². The number of rotatable bonds is 6. The average Bonchev–Trinajstić information content (AvgIpc) is 2.89. The molecule has 0 aliphatic rings. The lowest BCUT2D eigenvalue weighted by molar-refractivity contribution is -0.123. The summed E-state index contributed by atoms with van der Waals surface area (Å²) in [4.78, 5) is 22.5. The van der Waals surface area contributed by atoms with Gasteiger partial charge in [-0.3, -0.25) is 14.7 Å². The van der Waals surface area contributed by atoms with Crippen molar-refractivity contribution in [3.8, 4) is 5.75 Å². The third-order valence-electron chi connectivity index (χ3n) is 2.84. The van der Waals surface area contributed by atoms with Gasteiger partial charge in [0.05, 0.1) is 12.2 Å². The zero-order chi connectivity index (χ0) is 14.4. The summed E-state index contributed by atoms with van der Waals surface area (Å²) in [5.74, 6) is 0.484. The van der Waals surface area contributed by atoms with Crippen molar-refractivity contribution in [1.29, 1.82) is 0 Å². The summed E-state index contributed by atoms with van der Waals surface area (Å²) in [6.45, 7) is 2.24. The number of aryl methyl sites for hydroxylation is 1. The van der Waals surface area contributed by atoms with Crippen molar-refractivity contribution in [3.05, 3.63) is 51.9 Å². The molecule has 0 unspecified atom stereocenters. The standard InChI is InChI=1S/C14H17N3O3/c1-2-10-5-3-4-6-12(10)20-9-14(19)15-8-11-7-13(18)17-16-11/h3-7H,2,8-9H2,1H3,(H,15,19)(H2,16,17,18). The Morgan fingerprint density at radius 1 is 1.30 bits per heavy atom. The third-order valence-corrected chi connectivity index (χ3v) is 2.84. The van der Waals surface area contributed by atoms with Gasteiger partial charge < -0.3 is 15.2 Å². The van der Waals surface area contributed by atoms with Gasteiger partial charge in [-0.15, -0.1) is 0 Å². The average molecular weight is 275 g/mol. The molecule has 0 spiro atoms. The monoisotopic (exact) mass is 275 g/mol. The van der Waals surface area contributed by atoms with Gasteiger partial charge in [-0.1, -0.05) is 25.1 Å². The number of aromatic amines is 2. The number of benzene rings is 1. The molecule has 2 rings (SSSR count). The van der Waals surface area contributed by atoms with Gasteiger partial charge in [0, 0.05) is 6.07 Å². The molecule has 0 atom stereocenters. The Hall–Kier alpha value is -2.50. The maximum absolute atomic E-state index is 11.7. The van der Waals surface area contributed by atoms with Gasteiger partial charge in [-0.25, -0.2) is 0 Å². The summed E-state index contributed by atoms with van der Waals surface area (Å²) >= 11 is 0. The molecular weight excluding hydrogens is 258 g/mol. The van der Waals surface area contributed by atoms with Crippen LogP contribution >= 0.6 is 0 Å². The van der Waals surface area contributed by atoms with E-state index in [9.17, 15) is 9.59 Å². The number of amides is 1. The number of nitrogens with one attached hydrogen (secondary N) is 3. The van der Waals surface area contributed by atoms with Crippen LogP contribution in [0.2, 0.25) is 0 Å². The van der Waals surface area contributed by atoms with Crippen LogP contribution in [0.15, 0.2) is 35.1 Å². The summed E-state index contributed by atoms with van der Waals surface area (Å²) < 4.78 is 5.49. The Bertz CT molecular complexity index is 630. The molecule has 2 aromatic rings. The summed E-state index contributed by atoms with van der Waals surface area (Å²) in [7, 11) is 0. The minimum Gasteiger partial charge on any atom is -0.483 e. The first-order valence-electron chi connectivity index (χ1n) is 6.43. The summed E-state index contributed by atoms with van der Waals surface area (Å²) in [5.41, 5.74) is 1.47. The van der Waals surface area contributed by atoms with E-state index in [1.807, 2.05) is 31.2 Å². The van der Waals surface area contributed by atoms with E-state index in [2.05, 4.69) is 15.5 Å². The molecule has 0 saturated heterocycles. The molecule has 0 bridgehead atoms. The first kappa shape index (κ1) is 13.9. The lowest BCUT2D eigenvalue weighted by atomic mass is 10.1. The topological polar surface area (TPSA) is 87.0 Å². The van der Waals surface area contributed by atoms with E-state index in [1.54, 1.807) is 0 Å². The number of hydrogen-bond donors (Lipinski definition) is 3. The number of hydrogen-bond acceptors (Lipinski definition) is 3. The molecule has 0 radical (unpaired) electrons. The van der Waals surface area contributed by atoms with Gasteiger partial charge >= 0.3 is 0 Å². The summed E-state index contributed by atoms with van der Waals surface area (Å²) in [5, 5.41) is 7.73. The molecule has 0 saturated carbocycles. The normalized spacial score (nSPS) is 10.2. The number of ether oxygens (including phenoxy) is 1. The van der Waals surface area contributed by atoms with Crippen molar-refractivity contribution >= 4 is 5.91 Å². The molecule has 106 valence electrons. The number of para-hydroxylation sites is 1. The van der Waals surface area contributed by atoms with Crippen molar-refractivity contribution in [1.82, 2.24) is 15.5 Å². The van der Waals surface area contributed by atoms with E-state index < -0.39 is 0 Å². The molecule has 1 heterocycles. The van der Waals surface area contributed by atoms with Crippen LogP contribution in [0.5, 0.6) is 5.75 Å². The van der Waals surface area contributed by atoms with Crippen LogP contribution < -0.4 is 15.6 Å². The van der Waals surface area contributed by atoms with Crippen molar-refractivity contribution in [2.45, 2.75) is 19.9 Å². The zero-order valence-corrected chi connectivity index (χ0v) is 11.2. The zero-order valence-electron chi connectivity index (χ0n) is 11.2. The highest BCUT2D eigenvalue weighted by atomic mass is 16.5. The fourth-order valence-corrected chi connectivity index (χ4v) is 1.79. The number of aromatic nitrogens is 2. The van der Waals surface area contributed by atoms with Gasteiger partial charge in [0.15, 0.2) is 6.61 Å². The minimum atomic E-state index is -0.238. The Labute approximate surface area is 116 Å². The van der Waals surface area contributed by atoms with E-state index in [4.69, 9.17) is 4.74 Å². The molecule has 0 aliphatic carbocycles. The largest absolute Gasteiger partial charge is 0.483 e. The van der Waals surface area contributed by atoms with E-state index in [1.165, 1.54) is 6.07 Å². The van der Waals surface area contributed by atoms with Crippen LogP contribution in [0.25, 0.3) is 0 Å². The number of H-pyrrole nitrogens is 2. The Morgan fingerprint density at radius 2 is 2.10 bits per heavy atom. The van der Waals surface area contributed by atoms with Gasteiger partial charge in [-0.05, 0) is 18.1 Å². The smallest absolute Gasteiger partial charge is 0.264 e. The Morgan fingerprint density at radius 3 is 2.80 bits per heavy atom. The molecule has 1 amide bonds. The predicted molar refractivity (Wildman–Crippen MR) is 74.6 cm³/mol. The van der Waals surface area contributed by atoms with Crippen LogP contribution in [0, 0.1) is 0 Å². The summed E-state index contributed by atoms with van der Waals surface area (Å²) in [6, 6.07) is 9.02. The maximum atomic E-state index is 11.7. The van der Waals surface area contributed by atoms with E-state index >= 15 is 0 Å². The van der Waals surface area contributed by atoms with Gasteiger partial charge in [0.1, 0.15) is 5.75 Å². The highest BCUT2D eigenvalue weighted by Crippen LogP contribution is 2.17. The van der Waals surface area contributed by atoms with Crippen LogP contribution in [-0.2, 0) is 17.8 Å². The second-order valence-electron chi connectivity index (χ2n) is 4.31. The third kappa shape index (κ3) is 3.74. The molecule has 3 N–H and O–H groups in total. The van der Waals surface area contributed by atoms with Crippen molar-refractivity contribution < 1.29 is 9.53 Å². The second kappa shape index (κ2) is 6.60. The molecule has 0 fully saturated rings. The van der Waals surface area contributed by atoms with E-state index in [0.717, 1.165) is 17.7 Å². The maximum Gasteiger partial charge on any atom is 0.264 e. The van der Waals surface area contributed by atoms with Gasteiger partial charge in [-0.2, -0.15) is 0 Å². The molecule has 1 aromatic heterocycles. The Balaban J connectivity index is 1.81. The quantitative estimate of drug-likeness (QED) is 0.734. The highest BCUT2D eigenvalue weighted by molar-refractivity contribution is 5.77. The van der Waals surface area contributed by atoms with Crippen molar-refractivity contribution in [3.63, 3.8) is 0 Å². The first-order valence-corrected chi connectivity index (χ1v) is 6.43. The Kier molecular flexibility index (Phi) is 4.60. The highest BCUT2D eigenvalue weighted by Gasteiger charge is 2.06. The number of carbonyl (C=O) groups is 1. The SMILES string of the molecule is CCc1ccccc1OCC(=O)NCc1cc(=O)[nH][nH]1. The van der Waals surface area contributed by atoms with Crippen LogP contribution in [0.1, 0.15) is 18.2 Å². The lowest BCUT2D eigenvalue weighted by Crippen LogP contribution is -2.28. The molecule has 6 heteroatoms. The first-order chi connectivity index (χ1) is 9.69.